The molecule has 1 saturated heterocycles. The van der Waals surface area contributed by atoms with Gasteiger partial charge < -0.3 is 9.80 Å². The molecule has 2 heterocycles. The van der Waals surface area contributed by atoms with Crippen molar-refractivity contribution in [1.82, 2.24) is 19.6 Å². The average molecular weight is 286 g/mol. The summed E-state index contributed by atoms with van der Waals surface area (Å²) in [6, 6.07) is 1.79. The number of carbonyl (C=O) groups is 1. The number of likely N-dealkylation sites (tertiary alicyclic amines) is 1. The Morgan fingerprint density at radius 2 is 2.15 bits per heavy atom. The molecule has 2 rings (SSSR count). The number of carbonyl (C=O) groups excluding carboxylic acids is 1. The summed E-state index contributed by atoms with van der Waals surface area (Å²) in [7, 11) is 4.04. The number of hydrogen-bond donors (Lipinski definition) is 0. The summed E-state index contributed by atoms with van der Waals surface area (Å²) in [4.78, 5) is 16.1. The smallest absolute Gasteiger partial charge is 0.333 e. The van der Waals surface area contributed by atoms with E-state index in [1.165, 1.54) is 12.3 Å². The highest BCUT2D eigenvalue weighted by Gasteiger charge is 2.26. The molecule has 0 spiro atoms. The molecule has 112 valence electrons. The van der Waals surface area contributed by atoms with Crippen LogP contribution in [0.5, 0.6) is 0 Å². The Morgan fingerprint density at radius 3 is 2.80 bits per heavy atom. The number of halogens is 2. The highest BCUT2D eigenvalue weighted by atomic mass is 19.3. The van der Waals surface area contributed by atoms with Gasteiger partial charge in [0.05, 0.1) is 0 Å². The molecule has 1 aliphatic heterocycles. The van der Waals surface area contributed by atoms with Gasteiger partial charge in [0, 0.05) is 25.3 Å². The van der Waals surface area contributed by atoms with Crippen LogP contribution < -0.4 is 0 Å². The molecule has 0 bridgehead atoms. The second-order valence-corrected chi connectivity index (χ2v) is 5.28. The van der Waals surface area contributed by atoms with E-state index in [0.29, 0.717) is 23.8 Å². The summed E-state index contributed by atoms with van der Waals surface area (Å²) >= 11 is 0. The van der Waals surface area contributed by atoms with E-state index in [0.717, 1.165) is 19.3 Å². The van der Waals surface area contributed by atoms with Crippen LogP contribution in [0.4, 0.5) is 8.78 Å². The molecule has 20 heavy (non-hydrogen) atoms. The molecule has 5 nitrogen and oxygen atoms in total. The van der Waals surface area contributed by atoms with Crippen molar-refractivity contribution in [3.63, 3.8) is 0 Å². The van der Waals surface area contributed by atoms with Crippen LogP contribution in [0.25, 0.3) is 0 Å². The van der Waals surface area contributed by atoms with Crippen molar-refractivity contribution in [2.75, 3.05) is 27.2 Å². The van der Waals surface area contributed by atoms with Crippen molar-refractivity contribution in [3.05, 3.63) is 18.0 Å². The van der Waals surface area contributed by atoms with E-state index in [2.05, 4.69) is 10.00 Å². The molecule has 0 saturated carbocycles. The molecule has 1 aromatic heterocycles. The molecule has 1 aromatic rings. The van der Waals surface area contributed by atoms with Crippen molar-refractivity contribution >= 4 is 5.91 Å². The van der Waals surface area contributed by atoms with E-state index in [1.54, 1.807) is 4.90 Å². The fourth-order valence-electron chi connectivity index (χ4n) is 2.60. The van der Waals surface area contributed by atoms with Gasteiger partial charge in [-0.25, -0.2) is 0 Å². The van der Waals surface area contributed by atoms with Gasteiger partial charge in [0.25, 0.3) is 5.91 Å². The van der Waals surface area contributed by atoms with Crippen molar-refractivity contribution in [2.24, 2.45) is 0 Å². The Labute approximate surface area is 117 Å². The monoisotopic (exact) mass is 286 g/mol. The lowest BCUT2D eigenvalue weighted by Gasteiger charge is -2.23. The Bertz CT molecular complexity index is 461. The van der Waals surface area contributed by atoms with Gasteiger partial charge in [0.15, 0.2) is 0 Å². The number of hydrogen-bond acceptors (Lipinski definition) is 3. The van der Waals surface area contributed by atoms with E-state index >= 15 is 0 Å². The van der Waals surface area contributed by atoms with Gasteiger partial charge in [-0.1, -0.05) is 0 Å². The summed E-state index contributed by atoms with van der Waals surface area (Å²) in [6.45, 7) is -1.58. The average Bonchev–Trinajstić information content (AvgIpc) is 2.75. The predicted molar refractivity (Wildman–Crippen MR) is 70.7 cm³/mol. The van der Waals surface area contributed by atoms with Crippen molar-refractivity contribution < 1.29 is 13.6 Å². The number of nitrogens with zero attached hydrogens (tertiary/aromatic N) is 4. The second kappa shape index (κ2) is 6.30. The van der Waals surface area contributed by atoms with Gasteiger partial charge in [-0.2, -0.15) is 18.6 Å². The maximum Gasteiger partial charge on any atom is 0.333 e. The number of rotatable bonds is 3. The van der Waals surface area contributed by atoms with Crippen LogP contribution >= 0.6 is 0 Å². The standard InChI is InChI=1S/C13H20F2N4O/c1-17(2)10-4-3-8-18(9-6-10)12(20)11-5-7-16-19(11)13(14)15/h5,7,10,13H,3-4,6,8-9H2,1-2H3/t10-/m1/s1. The zero-order chi connectivity index (χ0) is 14.7. The molecule has 0 N–H and O–H groups in total. The molecule has 0 aliphatic carbocycles. The Kier molecular flexibility index (Phi) is 4.69. The Hall–Kier alpha value is -1.50. The van der Waals surface area contributed by atoms with E-state index in [9.17, 15) is 13.6 Å². The number of alkyl halides is 2. The van der Waals surface area contributed by atoms with Crippen LogP contribution in [0.1, 0.15) is 36.3 Å². The van der Waals surface area contributed by atoms with Gasteiger partial charge in [-0.05, 0) is 39.4 Å². The summed E-state index contributed by atoms with van der Waals surface area (Å²) in [6.07, 6.45) is 4.00. The van der Waals surface area contributed by atoms with Crippen LogP contribution in [0.15, 0.2) is 12.3 Å². The lowest BCUT2D eigenvalue weighted by molar-refractivity contribution is 0.0465. The normalized spacial score (nSPS) is 20.5. The molecule has 0 aromatic carbocycles. The zero-order valence-electron chi connectivity index (χ0n) is 11.8. The summed E-state index contributed by atoms with van der Waals surface area (Å²) in [5.74, 6) is -0.359. The van der Waals surface area contributed by atoms with Gasteiger partial charge in [-0.3, -0.25) is 4.79 Å². The lowest BCUT2D eigenvalue weighted by atomic mass is 10.1. The molecule has 7 heteroatoms. The third kappa shape index (κ3) is 3.15. The molecule has 1 atom stereocenters. The van der Waals surface area contributed by atoms with Crippen LogP contribution in [0.2, 0.25) is 0 Å². The van der Waals surface area contributed by atoms with Crippen LogP contribution in [-0.4, -0.2) is 58.7 Å². The van der Waals surface area contributed by atoms with Crippen molar-refractivity contribution in [3.8, 4) is 0 Å². The minimum Gasteiger partial charge on any atom is -0.337 e. The minimum atomic E-state index is -2.79. The van der Waals surface area contributed by atoms with E-state index < -0.39 is 6.55 Å². The second-order valence-electron chi connectivity index (χ2n) is 5.28. The summed E-state index contributed by atoms with van der Waals surface area (Å²) in [5, 5.41) is 3.51. The lowest BCUT2D eigenvalue weighted by Crippen LogP contribution is -2.35. The molecule has 1 aliphatic rings. The van der Waals surface area contributed by atoms with Crippen LogP contribution in [-0.2, 0) is 0 Å². The quantitative estimate of drug-likeness (QED) is 0.851. The molecular weight excluding hydrogens is 266 g/mol. The third-order valence-electron chi connectivity index (χ3n) is 3.79. The first-order valence-electron chi connectivity index (χ1n) is 6.78. The molecule has 1 fully saturated rings. The van der Waals surface area contributed by atoms with Crippen molar-refractivity contribution in [1.29, 1.82) is 0 Å². The number of aromatic nitrogens is 2. The summed E-state index contributed by atoms with van der Waals surface area (Å²) in [5.41, 5.74) is -0.0386. The van der Waals surface area contributed by atoms with Gasteiger partial charge in [0.1, 0.15) is 5.69 Å². The molecule has 1 amide bonds. The molecule has 0 unspecified atom stereocenters. The zero-order valence-corrected chi connectivity index (χ0v) is 11.8. The Balaban J connectivity index is 2.07. The van der Waals surface area contributed by atoms with Crippen LogP contribution in [0.3, 0.4) is 0 Å². The molecule has 0 radical (unpaired) electrons. The van der Waals surface area contributed by atoms with Gasteiger partial charge in [0.2, 0.25) is 0 Å². The van der Waals surface area contributed by atoms with E-state index in [-0.39, 0.29) is 11.6 Å². The summed E-state index contributed by atoms with van der Waals surface area (Å²) < 4.78 is 26.0. The SMILES string of the molecule is CN(C)[C@@H]1CCCN(C(=O)c2ccnn2C(F)F)CC1. The number of amides is 1. The largest absolute Gasteiger partial charge is 0.337 e. The minimum absolute atomic E-state index is 0.0386. The Morgan fingerprint density at radius 1 is 1.40 bits per heavy atom. The first-order chi connectivity index (χ1) is 9.50. The first kappa shape index (κ1) is 14.9. The van der Waals surface area contributed by atoms with E-state index in [1.807, 2.05) is 14.1 Å². The fraction of sp³-hybridized carbons (Fsp3) is 0.692. The van der Waals surface area contributed by atoms with Crippen molar-refractivity contribution in [2.45, 2.75) is 31.9 Å². The maximum absolute atomic E-state index is 12.8. The van der Waals surface area contributed by atoms with Gasteiger partial charge >= 0.3 is 6.55 Å². The topological polar surface area (TPSA) is 41.4 Å². The maximum atomic E-state index is 12.8. The predicted octanol–water partition coefficient (Wildman–Crippen LogP) is 1.83. The first-order valence-corrected chi connectivity index (χ1v) is 6.78. The third-order valence-corrected chi connectivity index (χ3v) is 3.79. The highest BCUT2D eigenvalue weighted by Crippen LogP contribution is 2.18. The van der Waals surface area contributed by atoms with Crippen LogP contribution in [0, 0.1) is 0 Å². The fourth-order valence-corrected chi connectivity index (χ4v) is 2.60. The highest BCUT2D eigenvalue weighted by molar-refractivity contribution is 5.92. The molecular formula is C13H20F2N4O. The van der Waals surface area contributed by atoms with Gasteiger partial charge in [-0.15, -0.1) is 0 Å². The van der Waals surface area contributed by atoms with E-state index in [4.69, 9.17) is 0 Å².